The molecule has 5 rings (SSSR count). The van der Waals surface area contributed by atoms with Crippen LogP contribution in [0.3, 0.4) is 0 Å². The lowest BCUT2D eigenvalue weighted by Crippen LogP contribution is -2.45. The van der Waals surface area contributed by atoms with Crippen LogP contribution in [-0.2, 0) is 22.6 Å². The largest absolute Gasteiger partial charge is 0.529 e. The number of sulfonamides is 1. The fraction of sp³-hybridized carbons (Fsp3) is 0.138. The van der Waals surface area contributed by atoms with Gasteiger partial charge in [-0.3, -0.25) is 13.9 Å². The highest BCUT2D eigenvalue weighted by Gasteiger charge is 2.34. The lowest BCUT2D eigenvalue weighted by Gasteiger charge is -2.24. The Balaban J connectivity index is 1.49. The number of nitrogens with zero attached hydrogens (tertiary/aromatic N) is 4. The molecule has 8 nitrogen and oxygen atoms in total. The lowest BCUT2D eigenvalue weighted by molar-refractivity contribution is -0.259. The minimum atomic E-state index is -4.67. The Morgan fingerprint density at radius 2 is 1.71 bits per heavy atom. The van der Waals surface area contributed by atoms with Crippen molar-refractivity contribution >= 4 is 38.8 Å². The number of carbonyl (C=O) groups is 1. The van der Waals surface area contributed by atoms with Crippen molar-refractivity contribution in [1.29, 1.82) is 0 Å². The predicted molar refractivity (Wildman–Crippen MR) is 148 cm³/mol. The van der Waals surface area contributed by atoms with Gasteiger partial charge in [-0.15, -0.1) is 0 Å². The number of benzene rings is 3. The number of hydrogen-bond donors (Lipinski definition) is 0. The molecule has 0 bridgehead atoms. The molecular formula is C29H21ClF3N4O4S-. The van der Waals surface area contributed by atoms with E-state index < -0.39 is 32.9 Å². The zero-order chi connectivity index (χ0) is 30.2. The molecule has 5 aromatic rings. The van der Waals surface area contributed by atoms with Crippen LogP contribution in [0.4, 0.5) is 18.0 Å². The average Bonchev–Trinajstić information content (AvgIpc) is 3.31. The minimum absolute atomic E-state index is 0.0396. The van der Waals surface area contributed by atoms with Crippen molar-refractivity contribution in [2.75, 3.05) is 6.54 Å². The SMILES string of the molecule is Cc1ccc(S(=O)(=O)N(CCc2ccc(-n3c(-c4ccccn4)nc4cc(C(F)(F)F)c(Cl)cc43)cc2)C(=O)[O-])cc1. The molecule has 0 N–H and O–H groups in total. The first-order valence-electron chi connectivity index (χ1n) is 12.5. The summed E-state index contributed by atoms with van der Waals surface area (Å²) in [5.41, 5.74) is 1.70. The summed E-state index contributed by atoms with van der Waals surface area (Å²) >= 11 is 6.03. The first-order valence-corrected chi connectivity index (χ1v) is 14.3. The molecule has 0 atom stereocenters. The van der Waals surface area contributed by atoms with Crippen molar-refractivity contribution < 1.29 is 31.5 Å². The second kappa shape index (κ2) is 11.1. The monoisotopic (exact) mass is 613 g/mol. The highest BCUT2D eigenvalue weighted by molar-refractivity contribution is 7.89. The van der Waals surface area contributed by atoms with Crippen LogP contribution >= 0.6 is 11.6 Å². The number of halogens is 4. The summed E-state index contributed by atoms with van der Waals surface area (Å²) in [4.78, 5) is 20.3. The van der Waals surface area contributed by atoms with E-state index in [2.05, 4.69) is 9.97 Å². The molecule has 3 aromatic carbocycles. The molecule has 0 saturated carbocycles. The van der Waals surface area contributed by atoms with Gasteiger partial charge in [0.15, 0.2) is 11.9 Å². The van der Waals surface area contributed by atoms with Gasteiger partial charge in [-0.1, -0.05) is 47.5 Å². The standard InChI is InChI=1S/C29H22ClF3N4O4S/c1-18-5-11-21(12-6-18)42(40,41)36(28(38)39)15-13-19-7-9-20(10-8-19)37-26-17-23(30)22(29(31,32)33)16-25(26)35-27(37)24-4-2-3-14-34-24/h2-12,14,16-17H,13,15H2,1H3,(H,38,39)/p-1. The molecule has 13 heteroatoms. The number of aryl methyl sites for hydroxylation is 1. The van der Waals surface area contributed by atoms with E-state index in [1.54, 1.807) is 66.1 Å². The maximum absolute atomic E-state index is 13.5. The summed E-state index contributed by atoms with van der Waals surface area (Å²) in [7, 11) is -4.35. The molecular weight excluding hydrogens is 593 g/mol. The van der Waals surface area contributed by atoms with Crippen LogP contribution in [-0.4, -0.2) is 39.9 Å². The van der Waals surface area contributed by atoms with Gasteiger partial charge < -0.3 is 9.90 Å². The molecule has 0 aliphatic carbocycles. The Kier molecular flexibility index (Phi) is 7.69. The first-order chi connectivity index (χ1) is 19.9. The van der Waals surface area contributed by atoms with Crippen LogP contribution in [0.5, 0.6) is 0 Å². The van der Waals surface area contributed by atoms with Crippen LogP contribution in [0, 0.1) is 6.92 Å². The lowest BCUT2D eigenvalue weighted by atomic mass is 10.1. The Hall–Kier alpha value is -4.42. The van der Waals surface area contributed by atoms with Crippen LogP contribution in [0.25, 0.3) is 28.2 Å². The van der Waals surface area contributed by atoms with Gasteiger partial charge in [0.25, 0.3) is 10.0 Å². The summed E-state index contributed by atoms with van der Waals surface area (Å²) in [5, 5.41) is 11.3. The summed E-state index contributed by atoms with van der Waals surface area (Å²) in [5.74, 6) is 0.279. The average molecular weight is 614 g/mol. The molecule has 0 saturated heterocycles. The predicted octanol–water partition coefficient (Wildman–Crippen LogP) is 5.64. The van der Waals surface area contributed by atoms with Crippen molar-refractivity contribution in [3.05, 3.63) is 107 Å². The normalized spacial score (nSPS) is 12.0. The number of amides is 1. The van der Waals surface area contributed by atoms with Crippen LogP contribution < -0.4 is 5.11 Å². The molecule has 42 heavy (non-hydrogen) atoms. The number of fused-ring (bicyclic) bond motifs is 1. The summed E-state index contributed by atoms with van der Waals surface area (Å²) in [6, 6.07) is 19.6. The minimum Gasteiger partial charge on any atom is -0.529 e. The fourth-order valence-electron chi connectivity index (χ4n) is 4.43. The van der Waals surface area contributed by atoms with Gasteiger partial charge in [0.1, 0.15) is 5.69 Å². The van der Waals surface area contributed by atoms with E-state index in [-0.39, 0.29) is 33.5 Å². The van der Waals surface area contributed by atoms with Gasteiger partial charge >= 0.3 is 6.18 Å². The molecule has 2 heterocycles. The van der Waals surface area contributed by atoms with Crippen molar-refractivity contribution in [3.63, 3.8) is 0 Å². The highest BCUT2D eigenvalue weighted by atomic mass is 35.5. The van der Waals surface area contributed by atoms with Gasteiger partial charge in [-0.05, 0) is 67.4 Å². The quantitative estimate of drug-likeness (QED) is 0.235. The smallest absolute Gasteiger partial charge is 0.417 e. The van der Waals surface area contributed by atoms with E-state index >= 15 is 0 Å². The molecule has 0 unspecified atom stereocenters. The van der Waals surface area contributed by atoms with E-state index in [1.807, 2.05) is 0 Å². The van der Waals surface area contributed by atoms with Crippen molar-refractivity contribution in [2.45, 2.75) is 24.4 Å². The molecule has 0 aliphatic rings. The number of imidazole rings is 1. The maximum Gasteiger partial charge on any atom is 0.417 e. The second-order valence-electron chi connectivity index (χ2n) is 9.38. The van der Waals surface area contributed by atoms with E-state index in [1.165, 1.54) is 24.4 Å². The van der Waals surface area contributed by atoms with Crippen molar-refractivity contribution in [2.24, 2.45) is 0 Å². The number of hydrogen-bond acceptors (Lipinski definition) is 6. The summed E-state index contributed by atoms with van der Waals surface area (Å²) in [6.45, 7) is 1.39. The number of carbonyl (C=O) groups excluding carboxylic acids is 1. The van der Waals surface area contributed by atoms with Crippen LogP contribution in [0.15, 0.2) is 90.0 Å². The maximum atomic E-state index is 13.5. The van der Waals surface area contributed by atoms with Gasteiger partial charge in [0.2, 0.25) is 0 Å². The summed E-state index contributed by atoms with van der Waals surface area (Å²) in [6.07, 6.45) is -4.96. The van der Waals surface area contributed by atoms with E-state index in [4.69, 9.17) is 11.6 Å². The fourth-order valence-corrected chi connectivity index (χ4v) is 5.96. The third-order valence-corrected chi connectivity index (χ3v) is 8.65. The Morgan fingerprint density at radius 1 is 1.02 bits per heavy atom. The van der Waals surface area contributed by atoms with Crippen LogP contribution in [0.2, 0.25) is 5.02 Å². The topological polar surface area (TPSA) is 108 Å². The third-order valence-electron chi connectivity index (χ3n) is 6.55. The van der Waals surface area contributed by atoms with E-state index in [0.29, 0.717) is 22.5 Å². The van der Waals surface area contributed by atoms with Crippen molar-refractivity contribution in [1.82, 2.24) is 18.8 Å². The zero-order valence-electron chi connectivity index (χ0n) is 21.8. The molecule has 0 fully saturated rings. The zero-order valence-corrected chi connectivity index (χ0v) is 23.4. The van der Waals surface area contributed by atoms with E-state index in [0.717, 1.165) is 11.6 Å². The van der Waals surface area contributed by atoms with Gasteiger partial charge in [0.05, 0.1) is 26.5 Å². The van der Waals surface area contributed by atoms with E-state index in [9.17, 15) is 31.5 Å². The molecule has 0 aliphatic heterocycles. The number of aromatic nitrogens is 3. The van der Waals surface area contributed by atoms with Gasteiger partial charge in [-0.25, -0.2) is 13.4 Å². The third kappa shape index (κ3) is 5.68. The van der Waals surface area contributed by atoms with Crippen LogP contribution in [0.1, 0.15) is 16.7 Å². The number of carboxylic acid groups (broad SMARTS) is 1. The van der Waals surface area contributed by atoms with Gasteiger partial charge in [-0.2, -0.15) is 13.2 Å². The number of rotatable bonds is 7. The Labute approximate surface area is 243 Å². The molecule has 0 radical (unpaired) electrons. The summed E-state index contributed by atoms with van der Waals surface area (Å²) < 4.78 is 68.3. The number of alkyl halides is 3. The molecule has 1 amide bonds. The van der Waals surface area contributed by atoms with Gasteiger partial charge in [0, 0.05) is 18.4 Å². The second-order valence-corrected chi connectivity index (χ2v) is 11.6. The molecule has 2 aromatic heterocycles. The van der Waals surface area contributed by atoms with Crippen molar-refractivity contribution in [3.8, 4) is 17.2 Å². The number of pyridine rings is 1. The molecule has 216 valence electrons. The Bertz CT molecular complexity index is 1880. The first kappa shape index (κ1) is 29.1. The Morgan fingerprint density at radius 3 is 2.31 bits per heavy atom. The molecule has 0 spiro atoms. The highest BCUT2D eigenvalue weighted by Crippen LogP contribution is 2.38.